The first-order chi connectivity index (χ1) is 9.32. The molecule has 3 rings (SSSR count). The van der Waals surface area contributed by atoms with Gasteiger partial charge in [0.05, 0.1) is 18.2 Å². The summed E-state index contributed by atoms with van der Waals surface area (Å²) in [6.07, 6.45) is 3.23. The highest BCUT2D eigenvalue weighted by atomic mass is 16.3. The topological polar surface area (TPSA) is 48.9 Å². The average molecular weight is 250 g/mol. The predicted molar refractivity (Wildman–Crippen MR) is 73.6 cm³/mol. The fourth-order valence-corrected chi connectivity index (χ4v) is 2.29. The summed E-state index contributed by atoms with van der Waals surface area (Å²) < 4.78 is 0. The van der Waals surface area contributed by atoms with Crippen LogP contribution in [0.15, 0.2) is 73.2 Å². The number of rotatable bonds is 3. The van der Waals surface area contributed by atoms with Crippen molar-refractivity contribution in [1.82, 2.24) is 9.97 Å². The van der Waals surface area contributed by atoms with Crippen LogP contribution in [-0.2, 0) is 5.60 Å². The van der Waals surface area contributed by atoms with E-state index in [1.165, 1.54) is 0 Å². The van der Waals surface area contributed by atoms with E-state index in [1.54, 1.807) is 12.5 Å². The lowest BCUT2D eigenvalue weighted by Crippen LogP contribution is -2.29. The van der Waals surface area contributed by atoms with Gasteiger partial charge in [0.25, 0.3) is 0 Å². The van der Waals surface area contributed by atoms with Gasteiger partial charge >= 0.3 is 0 Å². The molecular formula is C16H14N2O. The molecule has 19 heavy (non-hydrogen) atoms. The second-order valence-corrected chi connectivity index (χ2v) is 4.41. The minimum absolute atomic E-state index is 0.657. The van der Waals surface area contributed by atoms with Gasteiger partial charge in [-0.2, -0.15) is 0 Å². The summed E-state index contributed by atoms with van der Waals surface area (Å²) in [6.45, 7) is 0. The Labute approximate surface area is 111 Å². The first-order valence-electron chi connectivity index (χ1n) is 6.14. The molecule has 0 saturated carbocycles. The summed E-state index contributed by atoms with van der Waals surface area (Å²) in [4.78, 5) is 7.04. The molecule has 0 bridgehead atoms. The summed E-state index contributed by atoms with van der Waals surface area (Å²) >= 11 is 0. The monoisotopic (exact) mass is 250 g/mol. The number of aromatic amines is 1. The summed E-state index contributed by atoms with van der Waals surface area (Å²) in [5, 5.41) is 11.2. The number of hydrogen-bond donors (Lipinski definition) is 2. The van der Waals surface area contributed by atoms with Gasteiger partial charge in [-0.05, 0) is 11.1 Å². The molecule has 0 aliphatic rings. The van der Waals surface area contributed by atoms with Crippen LogP contribution in [0, 0.1) is 0 Å². The third kappa shape index (κ3) is 1.94. The lowest BCUT2D eigenvalue weighted by Gasteiger charge is -2.28. The molecule has 3 heteroatoms. The van der Waals surface area contributed by atoms with Crippen molar-refractivity contribution < 1.29 is 5.11 Å². The van der Waals surface area contributed by atoms with Crippen LogP contribution < -0.4 is 0 Å². The van der Waals surface area contributed by atoms with Crippen molar-refractivity contribution in [2.24, 2.45) is 0 Å². The predicted octanol–water partition coefficient (Wildman–Crippen LogP) is 2.69. The summed E-state index contributed by atoms with van der Waals surface area (Å²) in [6, 6.07) is 19.2. The minimum atomic E-state index is -1.21. The maximum absolute atomic E-state index is 11.2. The number of nitrogens with zero attached hydrogens (tertiary/aromatic N) is 1. The van der Waals surface area contributed by atoms with Crippen molar-refractivity contribution in [3.8, 4) is 0 Å². The lowest BCUT2D eigenvalue weighted by molar-refractivity contribution is 0.121. The third-order valence-corrected chi connectivity index (χ3v) is 3.27. The van der Waals surface area contributed by atoms with E-state index < -0.39 is 5.60 Å². The summed E-state index contributed by atoms with van der Waals surface area (Å²) in [7, 11) is 0. The minimum Gasteiger partial charge on any atom is -0.374 e. The number of aromatic nitrogens is 2. The first kappa shape index (κ1) is 11.7. The van der Waals surface area contributed by atoms with Crippen LogP contribution in [0.2, 0.25) is 0 Å². The Bertz CT molecular complexity index is 594. The molecule has 0 spiro atoms. The van der Waals surface area contributed by atoms with Crippen molar-refractivity contribution in [3.63, 3.8) is 0 Å². The van der Waals surface area contributed by atoms with Gasteiger partial charge in [-0.25, -0.2) is 4.98 Å². The van der Waals surface area contributed by atoms with Gasteiger partial charge in [-0.3, -0.25) is 0 Å². The molecule has 0 fully saturated rings. The highest BCUT2D eigenvalue weighted by Gasteiger charge is 2.34. The zero-order chi connectivity index (χ0) is 13.1. The fourth-order valence-electron chi connectivity index (χ4n) is 2.29. The average Bonchev–Trinajstić information content (AvgIpc) is 3.03. The lowest BCUT2D eigenvalue weighted by atomic mass is 9.84. The molecule has 0 aliphatic heterocycles. The molecule has 2 aromatic carbocycles. The number of H-pyrrole nitrogens is 1. The van der Waals surface area contributed by atoms with E-state index >= 15 is 0 Å². The van der Waals surface area contributed by atoms with Crippen LogP contribution in [0.1, 0.15) is 16.8 Å². The van der Waals surface area contributed by atoms with Crippen LogP contribution in [0.3, 0.4) is 0 Å². The molecule has 3 nitrogen and oxygen atoms in total. The summed E-state index contributed by atoms with van der Waals surface area (Å²) in [5.41, 5.74) is 1.07. The quantitative estimate of drug-likeness (QED) is 0.751. The molecule has 0 amide bonds. The van der Waals surface area contributed by atoms with Gasteiger partial charge < -0.3 is 10.1 Å². The van der Waals surface area contributed by atoms with E-state index in [0.29, 0.717) is 5.69 Å². The van der Waals surface area contributed by atoms with Gasteiger partial charge in [-0.1, -0.05) is 60.7 Å². The number of benzene rings is 2. The van der Waals surface area contributed by atoms with Gasteiger partial charge in [0.1, 0.15) is 0 Å². The normalized spacial score (nSPS) is 11.4. The zero-order valence-corrected chi connectivity index (χ0v) is 10.3. The molecule has 1 aromatic heterocycles. The smallest absolute Gasteiger partial charge is 0.156 e. The Morgan fingerprint density at radius 3 is 1.79 bits per heavy atom. The molecule has 1 heterocycles. The van der Waals surface area contributed by atoms with Crippen molar-refractivity contribution in [2.45, 2.75) is 5.60 Å². The zero-order valence-electron chi connectivity index (χ0n) is 10.3. The Morgan fingerprint density at radius 2 is 1.37 bits per heavy atom. The van der Waals surface area contributed by atoms with E-state index in [2.05, 4.69) is 9.97 Å². The van der Waals surface area contributed by atoms with E-state index in [0.717, 1.165) is 11.1 Å². The number of imidazole rings is 1. The van der Waals surface area contributed by atoms with Gasteiger partial charge in [0.2, 0.25) is 0 Å². The molecule has 2 N–H and O–H groups in total. The van der Waals surface area contributed by atoms with E-state index in [4.69, 9.17) is 0 Å². The standard InChI is InChI=1S/C16H14N2O/c19-16(15-11-17-12-18-15,13-7-3-1-4-8-13)14-9-5-2-6-10-14/h1-12,19H,(H,17,18). The highest BCUT2D eigenvalue weighted by Crippen LogP contribution is 2.34. The first-order valence-corrected chi connectivity index (χ1v) is 6.14. The Hall–Kier alpha value is -2.39. The maximum Gasteiger partial charge on any atom is 0.156 e. The maximum atomic E-state index is 11.2. The molecule has 0 unspecified atom stereocenters. The SMILES string of the molecule is OC(c1ccccc1)(c1ccccc1)c1cnc[nH]1. The van der Waals surface area contributed by atoms with Crippen molar-refractivity contribution in [3.05, 3.63) is 90.0 Å². The highest BCUT2D eigenvalue weighted by molar-refractivity contribution is 5.43. The van der Waals surface area contributed by atoms with Gasteiger partial charge in [-0.15, -0.1) is 0 Å². The Morgan fingerprint density at radius 1 is 0.842 bits per heavy atom. The van der Waals surface area contributed by atoms with E-state index in [9.17, 15) is 5.11 Å². The second-order valence-electron chi connectivity index (χ2n) is 4.41. The molecule has 94 valence electrons. The van der Waals surface area contributed by atoms with Crippen LogP contribution >= 0.6 is 0 Å². The van der Waals surface area contributed by atoms with Crippen LogP contribution in [-0.4, -0.2) is 15.1 Å². The summed E-state index contributed by atoms with van der Waals surface area (Å²) in [5.74, 6) is 0. The van der Waals surface area contributed by atoms with Gasteiger partial charge in [0, 0.05) is 0 Å². The largest absolute Gasteiger partial charge is 0.374 e. The van der Waals surface area contributed by atoms with Crippen molar-refractivity contribution >= 4 is 0 Å². The van der Waals surface area contributed by atoms with Crippen molar-refractivity contribution in [1.29, 1.82) is 0 Å². The molecule has 0 saturated heterocycles. The van der Waals surface area contributed by atoms with Crippen molar-refractivity contribution in [2.75, 3.05) is 0 Å². The van der Waals surface area contributed by atoms with Crippen LogP contribution in [0.25, 0.3) is 0 Å². The second kappa shape index (κ2) is 4.71. The number of aliphatic hydroxyl groups is 1. The van der Waals surface area contributed by atoms with Crippen LogP contribution in [0.5, 0.6) is 0 Å². The Balaban J connectivity index is 2.23. The molecular weight excluding hydrogens is 236 g/mol. The van der Waals surface area contributed by atoms with Crippen LogP contribution in [0.4, 0.5) is 0 Å². The molecule has 0 aliphatic carbocycles. The van der Waals surface area contributed by atoms with Gasteiger partial charge in [0.15, 0.2) is 5.60 Å². The fraction of sp³-hybridized carbons (Fsp3) is 0.0625. The number of nitrogens with one attached hydrogen (secondary N) is 1. The Kier molecular flexibility index (Phi) is 2.89. The molecule has 0 atom stereocenters. The molecule has 0 radical (unpaired) electrons. The van der Waals surface area contributed by atoms with E-state index in [-0.39, 0.29) is 0 Å². The third-order valence-electron chi connectivity index (χ3n) is 3.27. The number of hydrogen-bond acceptors (Lipinski definition) is 2. The van der Waals surface area contributed by atoms with E-state index in [1.807, 2.05) is 60.7 Å². The molecule has 3 aromatic rings.